The van der Waals surface area contributed by atoms with Crippen LogP contribution >= 0.6 is 23.2 Å². The van der Waals surface area contributed by atoms with Gasteiger partial charge in [-0.15, -0.1) is 0 Å². The summed E-state index contributed by atoms with van der Waals surface area (Å²) in [5.74, 6) is -0.449. The molecule has 0 spiro atoms. The lowest BCUT2D eigenvalue weighted by atomic mass is 9.95. The highest BCUT2D eigenvalue weighted by Gasteiger charge is 2.50. The molecule has 0 saturated carbocycles. The molecule has 2 N–H and O–H groups in total. The molecule has 9 nitrogen and oxygen atoms in total. The maximum absolute atomic E-state index is 13.7. The number of aliphatic carboxylic acids is 1. The van der Waals surface area contributed by atoms with Gasteiger partial charge in [-0.1, -0.05) is 47.5 Å². The summed E-state index contributed by atoms with van der Waals surface area (Å²) in [5.41, 5.74) is 0.657. The van der Waals surface area contributed by atoms with Crippen molar-refractivity contribution in [2.45, 2.75) is 42.7 Å². The normalized spacial score (nSPS) is 18.1. The highest BCUT2D eigenvalue weighted by Crippen LogP contribution is 2.38. The minimum atomic E-state index is -4.14. The maximum Gasteiger partial charge on any atom is 0.305 e. The van der Waals surface area contributed by atoms with E-state index in [-0.39, 0.29) is 27.9 Å². The van der Waals surface area contributed by atoms with Gasteiger partial charge in [0.15, 0.2) is 0 Å². The number of sulfonamides is 1. The van der Waals surface area contributed by atoms with Gasteiger partial charge >= 0.3 is 5.97 Å². The molecule has 0 bridgehead atoms. The number of halogens is 2. The molecule has 0 aliphatic carbocycles. The van der Waals surface area contributed by atoms with E-state index >= 15 is 0 Å². The molecule has 1 fully saturated rings. The number of nitrogens with one attached hydrogen (secondary N) is 1. The molecule has 1 amide bonds. The predicted molar refractivity (Wildman–Crippen MR) is 156 cm³/mol. The fourth-order valence-electron chi connectivity index (χ4n) is 5.03. The zero-order chi connectivity index (χ0) is 29.9. The van der Waals surface area contributed by atoms with Crippen LogP contribution in [0.1, 0.15) is 37.8 Å². The lowest BCUT2D eigenvalue weighted by Crippen LogP contribution is -2.55. The second-order valence-corrected chi connectivity index (χ2v) is 12.6. The number of nitrogens with zero attached hydrogens (tertiary/aromatic N) is 1. The van der Waals surface area contributed by atoms with Gasteiger partial charge < -0.3 is 19.9 Å². The summed E-state index contributed by atoms with van der Waals surface area (Å²) in [6.07, 6.45) is 0.291. The Balaban J connectivity index is 1.62. The number of carboxylic acids is 1. The molecule has 3 aromatic carbocycles. The fraction of sp³-hybridized carbons (Fsp3) is 0.310. The van der Waals surface area contributed by atoms with Crippen LogP contribution in [-0.4, -0.2) is 56.0 Å². The molecule has 4 rings (SSSR count). The van der Waals surface area contributed by atoms with Crippen molar-refractivity contribution in [3.05, 3.63) is 76.3 Å². The van der Waals surface area contributed by atoms with Crippen molar-refractivity contribution in [2.24, 2.45) is 0 Å². The van der Waals surface area contributed by atoms with Crippen molar-refractivity contribution in [1.29, 1.82) is 0 Å². The quantitative estimate of drug-likeness (QED) is 0.304. The average Bonchev–Trinajstić information content (AvgIpc) is 3.35. The monoisotopic (exact) mass is 620 g/mol. The van der Waals surface area contributed by atoms with Crippen LogP contribution in [0.15, 0.2) is 65.6 Å². The van der Waals surface area contributed by atoms with Gasteiger partial charge in [-0.3, -0.25) is 9.59 Å². The zero-order valence-corrected chi connectivity index (χ0v) is 25.0. The molecule has 1 heterocycles. The van der Waals surface area contributed by atoms with Gasteiger partial charge in [0.2, 0.25) is 15.9 Å². The first-order valence-electron chi connectivity index (χ1n) is 12.7. The van der Waals surface area contributed by atoms with Gasteiger partial charge in [0.25, 0.3) is 0 Å². The third-order valence-corrected chi connectivity index (χ3v) is 9.64. The second-order valence-electron chi connectivity index (χ2n) is 9.87. The Morgan fingerprint density at radius 1 is 1.02 bits per heavy atom. The molecule has 41 heavy (non-hydrogen) atoms. The van der Waals surface area contributed by atoms with Crippen LogP contribution in [0.3, 0.4) is 0 Å². The van der Waals surface area contributed by atoms with E-state index in [1.54, 1.807) is 50.6 Å². The largest absolute Gasteiger partial charge is 0.497 e. The Morgan fingerprint density at radius 3 is 2.27 bits per heavy atom. The lowest BCUT2D eigenvalue weighted by molar-refractivity contribution is -0.138. The molecule has 12 heteroatoms. The molecule has 1 saturated heterocycles. The summed E-state index contributed by atoms with van der Waals surface area (Å²) in [6.45, 7) is 1.64. The third-order valence-electron chi connectivity index (χ3n) is 7.20. The highest BCUT2D eigenvalue weighted by molar-refractivity contribution is 7.89. The SMILES string of the molecule is COc1ccc(OC)c(-c2ccc([C@@H](CC(=O)O)NC(=O)[C@]3(C)CCCN3S(=O)(=O)c3cc(Cl)cc(Cl)c3)cc2)c1. The van der Waals surface area contributed by atoms with Crippen molar-refractivity contribution in [3.8, 4) is 22.6 Å². The highest BCUT2D eigenvalue weighted by atomic mass is 35.5. The topological polar surface area (TPSA) is 122 Å². The van der Waals surface area contributed by atoms with Crippen LogP contribution in [0.2, 0.25) is 10.0 Å². The molecule has 2 atom stereocenters. The number of hydrogen-bond donors (Lipinski definition) is 2. The molecule has 1 aliphatic heterocycles. The maximum atomic E-state index is 13.7. The molecule has 0 unspecified atom stereocenters. The number of carboxylic acid groups (broad SMARTS) is 1. The third kappa shape index (κ3) is 6.46. The Bertz CT molecular complexity index is 1540. The Labute approximate surface area is 249 Å². The van der Waals surface area contributed by atoms with E-state index in [1.165, 1.54) is 25.1 Å². The first kappa shape index (κ1) is 30.6. The minimum Gasteiger partial charge on any atom is -0.497 e. The first-order valence-corrected chi connectivity index (χ1v) is 14.9. The van der Waals surface area contributed by atoms with Crippen molar-refractivity contribution in [3.63, 3.8) is 0 Å². The van der Waals surface area contributed by atoms with Crippen molar-refractivity contribution >= 4 is 45.1 Å². The fourth-order valence-corrected chi connectivity index (χ4v) is 7.57. The molecule has 0 radical (unpaired) electrons. The van der Waals surface area contributed by atoms with Crippen molar-refractivity contribution in [1.82, 2.24) is 9.62 Å². The smallest absolute Gasteiger partial charge is 0.305 e. The van der Waals surface area contributed by atoms with Gasteiger partial charge in [0, 0.05) is 22.2 Å². The van der Waals surface area contributed by atoms with Crippen LogP contribution in [0.5, 0.6) is 11.5 Å². The van der Waals surface area contributed by atoms with Gasteiger partial charge in [-0.2, -0.15) is 4.31 Å². The van der Waals surface area contributed by atoms with Gasteiger partial charge in [0.1, 0.15) is 17.0 Å². The van der Waals surface area contributed by atoms with E-state index in [0.29, 0.717) is 23.5 Å². The number of methoxy groups -OCH3 is 2. The predicted octanol–water partition coefficient (Wildman–Crippen LogP) is 5.55. The van der Waals surface area contributed by atoms with Gasteiger partial charge in [-0.25, -0.2) is 8.42 Å². The zero-order valence-electron chi connectivity index (χ0n) is 22.7. The van der Waals surface area contributed by atoms with Crippen LogP contribution in [0, 0.1) is 0 Å². The van der Waals surface area contributed by atoms with Gasteiger partial charge in [0.05, 0.1) is 31.6 Å². The Kier molecular flexibility index (Phi) is 9.18. The average molecular weight is 622 g/mol. The van der Waals surface area contributed by atoms with Crippen LogP contribution in [0.4, 0.5) is 0 Å². The number of hydrogen-bond acceptors (Lipinski definition) is 6. The summed E-state index contributed by atoms with van der Waals surface area (Å²) in [7, 11) is -1.02. The number of carbonyl (C=O) groups excluding carboxylic acids is 1. The van der Waals surface area contributed by atoms with E-state index < -0.39 is 39.9 Å². The molecule has 218 valence electrons. The van der Waals surface area contributed by atoms with Crippen molar-refractivity contribution in [2.75, 3.05) is 20.8 Å². The summed E-state index contributed by atoms with van der Waals surface area (Å²) in [4.78, 5) is 25.3. The summed E-state index contributed by atoms with van der Waals surface area (Å²) >= 11 is 12.1. The number of benzene rings is 3. The number of amides is 1. The van der Waals surface area contributed by atoms with Crippen LogP contribution in [-0.2, 0) is 19.6 Å². The number of carbonyl (C=O) groups is 2. The standard InChI is InChI=1S/C29H30Cl2N2O7S/c1-29(11-4-12-33(29)41(37,38)23-14-20(30)13-21(31)15-23)28(36)32-25(17-27(34)35)19-7-5-18(6-8-19)24-16-22(39-2)9-10-26(24)40-3/h5-10,13-16,25H,4,11-12,17H2,1-3H3,(H,32,36)(H,34,35)/t25-,29+/m1/s1. The van der Waals surface area contributed by atoms with Gasteiger partial charge in [-0.05, 0) is 67.3 Å². The number of ether oxygens (including phenoxy) is 2. The van der Waals surface area contributed by atoms with Crippen LogP contribution < -0.4 is 14.8 Å². The number of rotatable bonds is 10. The molecule has 3 aromatic rings. The molecule has 1 aliphatic rings. The summed E-state index contributed by atoms with van der Waals surface area (Å²) in [6, 6.07) is 15.5. The van der Waals surface area contributed by atoms with E-state index in [1.807, 2.05) is 6.07 Å². The second kappa shape index (κ2) is 12.3. The van der Waals surface area contributed by atoms with E-state index in [4.69, 9.17) is 32.7 Å². The Hall–Kier alpha value is -3.31. The minimum absolute atomic E-state index is 0.108. The molecule has 0 aromatic heterocycles. The first-order chi connectivity index (χ1) is 19.4. The van der Waals surface area contributed by atoms with E-state index in [9.17, 15) is 23.1 Å². The molecular weight excluding hydrogens is 591 g/mol. The molecular formula is C29H30Cl2N2O7S. The van der Waals surface area contributed by atoms with Crippen LogP contribution in [0.25, 0.3) is 11.1 Å². The van der Waals surface area contributed by atoms with Crippen molar-refractivity contribution < 1.29 is 32.6 Å². The van der Waals surface area contributed by atoms with E-state index in [0.717, 1.165) is 15.4 Å². The summed E-state index contributed by atoms with van der Waals surface area (Å²) in [5, 5.41) is 12.7. The van der Waals surface area contributed by atoms with E-state index in [2.05, 4.69) is 5.32 Å². The Morgan fingerprint density at radius 2 is 1.68 bits per heavy atom. The lowest BCUT2D eigenvalue weighted by Gasteiger charge is -2.34. The summed E-state index contributed by atoms with van der Waals surface area (Å²) < 4.78 is 39.1.